The van der Waals surface area contributed by atoms with Crippen molar-refractivity contribution < 1.29 is 4.79 Å². The zero-order chi connectivity index (χ0) is 14.1. The van der Waals surface area contributed by atoms with E-state index in [1.54, 1.807) is 15.4 Å². The quantitative estimate of drug-likeness (QED) is 0.760. The van der Waals surface area contributed by atoms with Gasteiger partial charge in [0.1, 0.15) is 5.56 Å². The van der Waals surface area contributed by atoms with Gasteiger partial charge >= 0.3 is 0 Å². The molecule has 0 aliphatic carbocycles. The summed E-state index contributed by atoms with van der Waals surface area (Å²) in [6.07, 6.45) is 5.14. The lowest BCUT2D eigenvalue weighted by atomic mass is 10.3. The van der Waals surface area contributed by atoms with Gasteiger partial charge in [-0.25, -0.2) is 9.50 Å². The molecule has 0 spiro atoms. The third-order valence-corrected chi connectivity index (χ3v) is 2.95. The SMILES string of the molecule is Cc1ccn2ncc(C(=O)NCc3ccn(C)n3)c2n1. The van der Waals surface area contributed by atoms with Gasteiger partial charge < -0.3 is 5.32 Å². The second-order valence-corrected chi connectivity index (χ2v) is 4.56. The third-order valence-electron chi connectivity index (χ3n) is 2.95. The molecule has 0 aliphatic rings. The van der Waals surface area contributed by atoms with E-state index in [1.165, 1.54) is 6.20 Å². The molecule has 0 saturated heterocycles. The van der Waals surface area contributed by atoms with E-state index in [-0.39, 0.29) is 5.91 Å². The fourth-order valence-electron chi connectivity index (χ4n) is 1.94. The minimum Gasteiger partial charge on any atom is -0.346 e. The predicted molar refractivity (Wildman–Crippen MR) is 72.1 cm³/mol. The first kappa shape index (κ1) is 12.3. The number of amides is 1. The maximum atomic E-state index is 12.2. The van der Waals surface area contributed by atoms with Gasteiger partial charge in [-0.15, -0.1) is 0 Å². The summed E-state index contributed by atoms with van der Waals surface area (Å²) in [5.41, 5.74) is 2.67. The molecule has 3 rings (SSSR count). The molecule has 0 fully saturated rings. The zero-order valence-corrected chi connectivity index (χ0v) is 11.2. The Kier molecular flexibility index (Phi) is 2.94. The van der Waals surface area contributed by atoms with Crippen LogP contribution in [0.1, 0.15) is 21.7 Å². The smallest absolute Gasteiger partial charge is 0.257 e. The van der Waals surface area contributed by atoms with Crippen LogP contribution in [0.4, 0.5) is 0 Å². The van der Waals surface area contributed by atoms with Gasteiger partial charge in [0, 0.05) is 25.1 Å². The zero-order valence-electron chi connectivity index (χ0n) is 11.2. The van der Waals surface area contributed by atoms with Crippen LogP contribution in [-0.4, -0.2) is 30.3 Å². The molecular weight excluding hydrogens is 256 g/mol. The van der Waals surface area contributed by atoms with Crippen LogP contribution in [0, 0.1) is 6.92 Å². The Morgan fingerprint density at radius 2 is 2.20 bits per heavy atom. The van der Waals surface area contributed by atoms with Crippen molar-refractivity contribution >= 4 is 11.6 Å². The van der Waals surface area contributed by atoms with E-state index in [9.17, 15) is 4.79 Å². The largest absolute Gasteiger partial charge is 0.346 e. The Labute approximate surface area is 115 Å². The Balaban J connectivity index is 1.80. The van der Waals surface area contributed by atoms with Crippen LogP contribution >= 0.6 is 0 Å². The van der Waals surface area contributed by atoms with Crippen LogP contribution in [-0.2, 0) is 13.6 Å². The van der Waals surface area contributed by atoms with Gasteiger partial charge in [-0.2, -0.15) is 10.2 Å². The maximum Gasteiger partial charge on any atom is 0.257 e. The molecule has 20 heavy (non-hydrogen) atoms. The Morgan fingerprint density at radius 3 is 2.95 bits per heavy atom. The number of rotatable bonds is 3. The molecule has 0 atom stereocenters. The Morgan fingerprint density at radius 1 is 1.35 bits per heavy atom. The van der Waals surface area contributed by atoms with Crippen LogP contribution in [0.25, 0.3) is 5.65 Å². The first-order valence-electron chi connectivity index (χ1n) is 6.21. The minimum atomic E-state index is -0.205. The van der Waals surface area contributed by atoms with Crippen molar-refractivity contribution in [1.82, 2.24) is 29.7 Å². The number of carbonyl (C=O) groups excluding carboxylic acids is 1. The molecule has 0 aliphatic heterocycles. The summed E-state index contributed by atoms with van der Waals surface area (Å²) in [6.45, 7) is 2.26. The van der Waals surface area contributed by atoms with Crippen LogP contribution in [0.5, 0.6) is 0 Å². The summed E-state index contributed by atoms with van der Waals surface area (Å²) in [4.78, 5) is 16.5. The standard InChI is InChI=1S/C13H14N6O/c1-9-3-6-19-12(16-9)11(8-15-19)13(20)14-7-10-4-5-18(2)17-10/h3-6,8H,7H2,1-2H3,(H,14,20). The highest BCUT2D eigenvalue weighted by molar-refractivity contribution is 5.99. The molecular formula is C13H14N6O. The maximum absolute atomic E-state index is 12.2. The summed E-state index contributed by atoms with van der Waals surface area (Å²) < 4.78 is 3.28. The molecule has 7 heteroatoms. The summed E-state index contributed by atoms with van der Waals surface area (Å²) in [5.74, 6) is -0.205. The van der Waals surface area contributed by atoms with E-state index in [2.05, 4.69) is 20.5 Å². The summed E-state index contributed by atoms with van der Waals surface area (Å²) in [7, 11) is 1.84. The van der Waals surface area contributed by atoms with E-state index in [0.717, 1.165) is 11.4 Å². The van der Waals surface area contributed by atoms with Crippen molar-refractivity contribution in [2.75, 3.05) is 0 Å². The molecule has 0 bridgehead atoms. The first-order valence-corrected chi connectivity index (χ1v) is 6.21. The fourth-order valence-corrected chi connectivity index (χ4v) is 1.94. The monoisotopic (exact) mass is 270 g/mol. The van der Waals surface area contributed by atoms with Crippen molar-refractivity contribution in [2.45, 2.75) is 13.5 Å². The first-order chi connectivity index (χ1) is 9.63. The summed E-state index contributed by atoms with van der Waals surface area (Å²) in [5, 5.41) is 11.1. The van der Waals surface area contributed by atoms with E-state index in [4.69, 9.17) is 0 Å². The second kappa shape index (κ2) is 4.76. The summed E-state index contributed by atoms with van der Waals surface area (Å²) >= 11 is 0. The summed E-state index contributed by atoms with van der Waals surface area (Å²) in [6, 6.07) is 3.70. The molecule has 3 aromatic heterocycles. The van der Waals surface area contributed by atoms with Crippen LogP contribution < -0.4 is 5.32 Å². The minimum absolute atomic E-state index is 0.205. The van der Waals surface area contributed by atoms with Crippen LogP contribution in [0.2, 0.25) is 0 Å². The lowest BCUT2D eigenvalue weighted by Gasteiger charge is -2.02. The van der Waals surface area contributed by atoms with E-state index >= 15 is 0 Å². The van der Waals surface area contributed by atoms with Crippen molar-refractivity contribution in [1.29, 1.82) is 0 Å². The number of hydrogen-bond acceptors (Lipinski definition) is 4. The van der Waals surface area contributed by atoms with Crippen molar-refractivity contribution in [3.05, 3.63) is 47.7 Å². The molecule has 3 aromatic rings. The highest BCUT2D eigenvalue weighted by Crippen LogP contribution is 2.08. The number of nitrogens with zero attached hydrogens (tertiary/aromatic N) is 5. The molecule has 0 saturated carbocycles. The number of aryl methyl sites for hydroxylation is 2. The number of hydrogen-bond donors (Lipinski definition) is 1. The molecule has 0 unspecified atom stereocenters. The molecule has 3 heterocycles. The van der Waals surface area contributed by atoms with Gasteiger partial charge in [-0.05, 0) is 19.1 Å². The normalized spacial score (nSPS) is 10.9. The molecule has 7 nitrogen and oxygen atoms in total. The van der Waals surface area contributed by atoms with Gasteiger partial charge in [0.15, 0.2) is 5.65 Å². The number of carbonyl (C=O) groups is 1. The Hall–Kier alpha value is -2.70. The highest BCUT2D eigenvalue weighted by Gasteiger charge is 2.14. The topological polar surface area (TPSA) is 77.1 Å². The van der Waals surface area contributed by atoms with Gasteiger partial charge in [0.25, 0.3) is 5.91 Å². The number of nitrogens with one attached hydrogen (secondary N) is 1. The molecule has 1 amide bonds. The predicted octanol–water partition coefficient (Wildman–Crippen LogP) is 0.701. The van der Waals surface area contributed by atoms with Gasteiger partial charge in [0.2, 0.25) is 0 Å². The van der Waals surface area contributed by atoms with E-state index in [0.29, 0.717) is 17.8 Å². The van der Waals surface area contributed by atoms with E-state index < -0.39 is 0 Å². The van der Waals surface area contributed by atoms with E-state index in [1.807, 2.05) is 32.3 Å². The molecule has 0 radical (unpaired) electrons. The van der Waals surface area contributed by atoms with Crippen molar-refractivity contribution in [3.63, 3.8) is 0 Å². The molecule has 1 N–H and O–H groups in total. The Bertz CT molecular complexity index is 772. The number of aromatic nitrogens is 5. The van der Waals surface area contributed by atoms with Crippen molar-refractivity contribution in [3.8, 4) is 0 Å². The van der Waals surface area contributed by atoms with Crippen molar-refractivity contribution in [2.24, 2.45) is 7.05 Å². The lowest BCUT2D eigenvalue weighted by Crippen LogP contribution is -2.23. The third kappa shape index (κ3) is 2.25. The fraction of sp³-hybridized carbons (Fsp3) is 0.231. The van der Waals surface area contributed by atoms with Crippen LogP contribution in [0.15, 0.2) is 30.7 Å². The van der Waals surface area contributed by atoms with Gasteiger partial charge in [0.05, 0.1) is 18.4 Å². The van der Waals surface area contributed by atoms with Gasteiger partial charge in [-0.1, -0.05) is 0 Å². The average Bonchev–Trinajstić information content (AvgIpc) is 3.02. The highest BCUT2D eigenvalue weighted by atomic mass is 16.1. The second-order valence-electron chi connectivity index (χ2n) is 4.56. The molecule has 0 aromatic carbocycles. The van der Waals surface area contributed by atoms with Crippen LogP contribution in [0.3, 0.4) is 0 Å². The average molecular weight is 270 g/mol. The number of fused-ring (bicyclic) bond motifs is 1. The molecule has 102 valence electrons. The lowest BCUT2D eigenvalue weighted by molar-refractivity contribution is 0.0952. The van der Waals surface area contributed by atoms with Gasteiger partial charge in [-0.3, -0.25) is 9.48 Å².